The highest BCUT2D eigenvalue weighted by atomic mass is 16.5. The van der Waals surface area contributed by atoms with Crippen molar-refractivity contribution in [1.29, 1.82) is 0 Å². The Morgan fingerprint density at radius 1 is 1.15 bits per heavy atom. The molecule has 1 saturated carbocycles. The summed E-state index contributed by atoms with van der Waals surface area (Å²) in [6, 6.07) is 8.87. The van der Waals surface area contributed by atoms with Crippen LogP contribution in [0.5, 0.6) is 6.01 Å². The molecule has 1 aromatic heterocycles. The van der Waals surface area contributed by atoms with Gasteiger partial charge in [0, 0.05) is 13.1 Å². The SMILES string of the molecule is CC1(C)CC(COc2nc(N)c3c(n2)N(Cc2cccc(CN4CCCC4)c2)CC(=O)N3)C1. The Morgan fingerprint density at radius 3 is 2.61 bits per heavy atom. The van der Waals surface area contributed by atoms with Gasteiger partial charge in [-0.15, -0.1) is 0 Å². The predicted octanol–water partition coefficient (Wildman–Crippen LogP) is 3.43. The van der Waals surface area contributed by atoms with Crippen molar-refractivity contribution in [3.63, 3.8) is 0 Å². The maximum absolute atomic E-state index is 12.4. The van der Waals surface area contributed by atoms with Crippen LogP contribution in [0.15, 0.2) is 24.3 Å². The third-order valence-electron chi connectivity index (χ3n) is 6.90. The number of aromatic nitrogens is 2. The van der Waals surface area contributed by atoms with Gasteiger partial charge in [-0.1, -0.05) is 38.1 Å². The van der Waals surface area contributed by atoms with E-state index in [0.29, 0.717) is 36.0 Å². The number of likely N-dealkylation sites (tertiary alicyclic amines) is 1. The summed E-state index contributed by atoms with van der Waals surface area (Å²) in [5.41, 5.74) is 9.50. The maximum Gasteiger partial charge on any atom is 0.320 e. The van der Waals surface area contributed by atoms with Gasteiger partial charge in [0.1, 0.15) is 5.69 Å². The fraction of sp³-hybridized carbons (Fsp3) is 0.560. The summed E-state index contributed by atoms with van der Waals surface area (Å²) in [4.78, 5) is 25.8. The van der Waals surface area contributed by atoms with Gasteiger partial charge in [0.2, 0.25) is 5.91 Å². The first-order chi connectivity index (χ1) is 15.8. The molecule has 0 atom stereocenters. The minimum absolute atomic E-state index is 0.114. The zero-order valence-corrected chi connectivity index (χ0v) is 19.6. The summed E-state index contributed by atoms with van der Waals surface area (Å²) in [5.74, 6) is 1.27. The van der Waals surface area contributed by atoms with E-state index in [4.69, 9.17) is 10.5 Å². The molecule has 1 aromatic carbocycles. The molecule has 5 rings (SSSR count). The van der Waals surface area contributed by atoms with Crippen LogP contribution in [0.25, 0.3) is 0 Å². The van der Waals surface area contributed by atoms with Crippen LogP contribution in [0.4, 0.5) is 17.3 Å². The number of carbonyl (C=O) groups excluding carboxylic acids is 1. The van der Waals surface area contributed by atoms with E-state index < -0.39 is 0 Å². The first-order valence-corrected chi connectivity index (χ1v) is 12.0. The lowest BCUT2D eigenvalue weighted by molar-refractivity contribution is -0.115. The van der Waals surface area contributed by atoms with Gasteiger partial charge < -0.3 is 20.7 Å². The van der Waals surface area contributed by atoms with Crippen LogP contribution in [0, 0.1) is 11.3 Å². The molecule has 0 radical (unpaired) electrons. The third-order valence-corrected chi connectivity index (χ3v) is 6.90. The average molecular weight is 451 g/mol. The van der Waals surface area contributed by atoms with Crippen molar-refractivity contribution in [1.82, 2.24) is 14.9 Å². The Bertz CT molecular complexity index is 1030. The highest BCUT2D eigenvalue weighted by Gasteiger charge is 2.36. The molecule has 176 valence electrons. The lowest BCUT2D eigenvalue weighted by Crippen LogP contribution is -2.39. The molecule has 33 heavy (non-hydrogen) atoms. The molecule has 2 aliphatic heterocycles. The van der Waals surface area contributed by atoms with Gasteiger partial charge in [-0.3, -0.25) is 9.69 Å². The molecule has 1 aliphatic carbocycles. The number of ether oxygens (including phenoxy) is 1. The summed E-state index contributed by atoms with van der Waals surface area (Å²) in [7, 11) is 0. The van der Waals surface area contributed by atoms with Crippen molar-refractivity contribution in [3.8, 4) is 6.01 Å². The van der Waals surface area contributed by atoms with E-state index in [-0.39, 0.29) is 24.3 Å². The Morgan fingerprint density at radius 2 is 1.88 bits per heavy atom. The lowest BCUT2D eigenvalue weighted by atomic mass is 9.65. The van der Waals surface area contributed by atoms with Crippen molar-refractivity contribution in [3.05, 3.63) is 35.4 Å². The Hall–Kier alpha value is -2.87. The van der Waals surface area contributed by atoms with Gasteiger partial charge in [-0.25, -0.2) is 0 Å². The smallest absolute Gasteiger partial charge is 0.320 e. The molecule has 0 unspecified atom stereocenters. The zero-order valence-electron chi connectivity index (χ0n) is 19.6. The van der Waals surface area contributed by atoms with Crippen LogP contribution in [0.2, 0.25) is 0 Å². The molecular weight excluding hydrogens is 416 g/mol. The van der Waals surface area contributed by atoms with Crippen LogP contribution >= 0.6 is 0 Å². The molecule has 8 nitrogen and oxygen atoms in total. The summed E-state index contributed by atoms with van der Waals surface area (Å²) >= 11 is 0. The van der Waals surface area contributed by atoms with Crippen LogP contribution in [-0.4, -0.2) is 47.0 Å². The minimum atomic E-state index is -0.114. The second-order valence-corrected chi connectivity index (χ2v) is 10.5. The van der Waals surface area contributed by atoms with Crippen LogP contribution in [-0.2, 0) is 17.9 Å². The molecule has 2 aromatic rings. The monoisotopic (exact) mass is 450 g/mol. The molecule has 0 spiro atoms. The third kappa shape index (κ3) is 5.05. The summed E-state index contributed by atoms with van der Waals surface area (Å²) in [6.07, 6.45) is 4.85. The normalized spacial score (nSPS) is 20.3. The average Bonchev–Trinajstić information content (AvgIpc) is 3.25. The van der Waals surface area contributed by atoms with Gasteiger partial charge in [-0.2, -0.15) is 9.97 Å². The fourth-order valence-corrected chi connectivity index (χ4v) is 5.48. The number of rotatable bonds is 7. The topological polar surface area (TPSA) is 96.6 Å². The first kappa shape index (κ1) is 21.9. The number of nitrogens with zero attached hydrogens (tertiary/aromatic N) is 4. The number of hydrogen-bond donors (Lipinski definition) is 2. The van der Waals surface area contributed by atoms with E-state index in [0.717, 1.165) is 24.9 Å². The highest BCUT2D eigenvalue weighted by molar-refractivity contribution is 6.03. The van der Waals surface area contributed by atoms with Crippen LogP contribution < -0.4 is 20.7 Å². The quantitative estimate of drug-likeness (QED) is 0.667. The predicted molar refractivity (Wildman–Crippen MR) is 129 cm³/mol. The van der Waals surface area contributed by atoms with Gasteiger partial charge >= 0.3 is 6.01 Å². The Kier molecular flexibility index (Phi) is 5.86. The molecule has 3 N–H and O–H groups in total. The van der Waals surface area contributed by atoms with Gasteiger partial charge in [0.15, 0.2) is 11.6 Å². The van der Waals surface area contributed by atoms with E-state index in [9.17, 15) is 4.79 Å². The molecule has 1 saturated heterocycles. The largest absolute Gasteiger partial charge is 0.463 e. The van der Waals surface area contributed by atoms with Crippen LogP contribution in [0.3, 0.4) is 0 Å². The second kappa shape index (κ2) is 8.82. The van der Waals surface area contributed by atoms with Crippen molar-refractivity contribution in [2.24, 2.45) is 11.3 Å². The van der Waals surface area contributed by atoms with E-state index in [2.05, 4.69) is 58.3 Å². The maximum atomic E-state index is 12.4. The van der Waals surface area contributed by atoms with E-state index in [1.54, 1.807) is 0 Å². The molecule has 8 heteroatoms. The number of hydrogen-bond acceptors (Lipinski definition) is 7. The number of nitrogen functional groups attached to an aromatic ring is 1. The van der Waals surface area contributed by atoms with E-state index >= 15 is 0 Å². The number of carbonyl (C=O) groups is 1. The van der Waals surface area contributed by atoms with E-state index in [1.807, 2.05) is 4.90 Å². The standard InChI is InChI=1S/C25H34N6O2/c1-25(2)11-19(12-25)16-33-24-28-22(26)21-23(29-24)31(15-20(32)27-21)14-18-7-5-6-17(10-18)13-30-8-3-4-9-30/h5-7,10,19H,3-4,8-9,11-16H2,1-2H3,(H,27,32)(H2,26,28,29). The number of fused-ring (bicyclic) bond motifs is 1. The lowest BCUT2D eigenvalue weighted by Gasteiger charge is -2.42. The second-order valence-electron chi connectivity index (χ2n) is 10.5. The van der Waals surface area contributed by atoms with Crippen molar-refractivity contribution in [2.45, 2.75) is 52.6 Å². The minimum Gasteiger partial charge on any atom is -0.463 e. The van der Waals surface area contributed by atoms with E-state index in [1.165, 1.54) is 31.5 Å². The molecule has 2 fully saturated rings. The van der Waals surface area contributed by atoms with Crippen LogP contribution in [0.1, 0.15) is 50.7 Å². The number of anilines is 3. The van der Waals surface area contributed by atoms with Crippen molar-refractivity contribution in [2.75, 3.05) is 42.2 Å². The van der Waals surface area contributed by atoms with Crippen molar-refractivity contribution >= 4 is 23.2 Å². The molecular formula is C25H34N6O2. The van der Waals surface area contributed by atoms with Gasteiger partial charge in [0.25, 0.3) is 0 Å². The molecule has 1 amide bonds. The summed E-state index contributed by atoms with van der Waals surface area (Å²) < 4.78 is 5.92. The Labute approximate surface area is 195 Å². The van der Waals surface area contributed by atoms with Gasteiger partial charge in [0.05, 0.1) is 13.2 Å². The number of nitrogens with two attached hydrogens (primary N) is 1. The number of benzene rings is 1. The molecule has 3 aliphatic rings. The molecule has 3 heterocycles. The zero-order chi connectivity index (χ0) is 23.0. The van der Waals surface area contributed by atoms with Gasteiger partial charge in [-0.05, 0) is 61.2 Å². The van der Waals surface area contributed by atoms with Crippen molar-refractivity contribution < 1.29 is 9.53 Å². The highest BCUT2D eigenvalue weighted by Crippen LogP contribution is 2.44. The number of amides is 1. The fourth-order valence-electron chi connectivity index (χ4n) is 5.48. The molecule has 0 bridgehead atoms. The number of nitrogens with one attached hydrogen (secondary N) is 1. The summed E-state index contributed by atoms with van der Waals surface area (Å²) in [6.45, 7) is 9.23. The summed E-state index contributed by atoms with van der Waals surface area (Å²) in [5, 5.41) is 2.84. The first-order valence-electron chi connectivity index (χ1n) is 12.0. The Balaban J connectivity index is 1.32.